The van der Waals surface area contributed by atoms with Crippen molar-refractivity contribution in [3.05, 3.63) is 12.2 Å². The first kappa shape index (κ1) is 22.4. The molecule has 0 saturated carbocycles. The summed E-state index contributed by atoms with van der Waals surface area (Å²) in [5.41, 5.74) is 0. The molecule has 146 valence electrons. The van der Waals surface area contributed by atoms with Gasteiger partial charge in [-0.15, -0.1) is 0 Å². The largest absolute Gasteiger partial charge is 0.463 e. The molecule has 0 N–H and O–H groups in total. The lowest BCUT2D eigenvalue weighted by Gasteiger charge is -2.32. The van der Waals surface area contributed by atoms with Crippen LogP contribution in [0.15, 0.2) is 12.2 Å². The SMILES string of the molecule is CC[Si](CC)(CC)OC1/C=C/CCC(OC(C)=O)CCCCCCC1. The summed E-state index contributed by atoms with van der Waals surface area (Å²) in [4.78, 5) is 11.3. The third-order valence-electron chi connectivity index (χ3n) is 5.69. The lowest BCUT2D eigenvalue weighted by molar-refractivity contribution is -0.146. The van der Waals surface area contributed by atoms with E-state index in [-0.39, 0.29) is 18.2 Å². The zero-order valence-electron chi connectivity index (χ0n) is 17.0. The molecule has 0 spiro atoms. The molecule has 4 heteroatoms. The van der Waals surface area contributed by atoms with Gasteiger partial charge in [-0.3, -0.25) is 4.79 Å². The number of esters is 1. The molecule has 0 saturated heterocycles. The highest BCUT2D eigenvalue weighted by atomic mass is 28.4. The highest BCUT2D eigenvalue weighted by Crippen LogP contribution is 2.26. The summed E-state index contributed by atoms with van der Waals surface area (Å²) in [6.45, 7) is 8.41. The molecular formula is C21H40O3Si. The number of allylic oxidation sites excluding steroid dienone is 1. The number of hydrogen-bond donors (Lipinski definition) is 0. The minimum atomic E-state index is -1.56. The molecule has 0 aromatic carbocycles. The van der Waals surface area contributed by atoms with Crippen molar-refractivity contribution in [2.75, 3.05) is 0 Å². The van der Waals surface area contributed by atoms with Gasteiger partial charge in [-0.2, -0.15) is 0 Å². The summed E-state index contributed by atoms with van der Waals surface area (Å²) in [6, 6.07) is 3.62. The summed E-state index contributed by atoms with van der Waals surface area (Å²) in [5, 5.41) is 0. The molecule has 0 heterocycles. The molecule has 0 amide bonds. The van der Waals surface area contributed by atoms with Gasteiger partial charge in [0.25, 0.3) is 0 Å². The molecule has 25 heavy (non-hydrogen) atoms. The number of carbonyl (C=O) groups is 1. The Kier molecular flexibility index (Phi) is 11.4. The van der Waals surface area contributed by atoms with Crippen molar-refractivity contribution in [3.8, 4) is 0 Å². The van der Waals surface area contributed by atoms with E-state index in [1.54, 1.807) is 0 Å². The third kappa shape index (κ3) is 9.05. The predicted octanol–water partition coefficient (Wildman–Crippen LogP) is 6.39. The summed E-state index contributed by atoms with van der Waals surface area (Å²) < 4.78 is 12.2. The highest BCUT2D eigenvalue weighted by Gasteiger charge is 2.31. The molecular weight excluding hydrogens is 328 g/mol. The van der Waals surface area contributed by atoms with E-state index in [0.29, 0.717) is 0 Å². The van der Waals surface area contributed by atoms with Crippen LogP contribution < -0.4 is 0 Å². The Bertz CT molecular complexity index is 382. The van der Waals surface area contributed by atoms with Crippen molar-refractivity contribution in [1.29, 1.82) is 0 Å². The van der Waals surface area contributed by atoms with Gasteiger partial charge in [0.2, 0.25) is 0 Å². The molecule has 2 unspecified atom stereocenters. The number of carbonyl (C=O) groups excluding carboxylic acids is 1. The fourth-order valence-electron chi connectivity index (χ4n) is 3.79. The second-order valence-corrected chi connectivity index (χ2v) is 12.2. The van der Waals surface area contributed by atoms with Crippen LogP contribution >= 0.6 is 0 Å². The van der Waals surface area contributed by atoms with Crippen LogP contribution in [0.1, 0.15) is 85.5 Å². The molecule has 0 fully saturated rings. The number of ether oxygens (including phenoxy) is 1. The van der Waals surface area contributed by atoms with Crippen LogP contribution in [0.5, 0.6) is 0 Å². The first-order valence-corrected chi connectivity index (χ1v) is 13.1. The second-order valence-electron chi connectivity index (χ2n) is 7.48. The van der Waals surface area contributed by atoms with Crippen LogP contribution in [0.3, 0.4) is 0 Å². The van der Waals surface area contributed by atoms with Crippen LogP contribution in [0.4, 0.5) is 0 Å². The van der Waals surface area contributed by atoms with Gasteiger partial charge in [-0.1, -0.05) is 58.6 Å². The minimum Gasteiger partial charge on any atom is -0.463 e. The Balaban J connectivity index is 2.69. The van der Waals surface area contributed by atoms with Crippen LogP contribution in [0.25, 0.3) is 0 Å². The zero-order chi connectivity index (χ0) is 18.5. The van der Waals surface area contributed by atoms with E-state index in [2.05, 4.69) is 32.9 Å². The molecule has 0 radical (unpaired) electrons. The van der Waals surface area contributed by atoms with Crippen molar-refractivity contribution in [2.45, 2.75) is 116 Å². The summed E-state index contributed by atoms with van der Waals surface area (Å²) >= 11 is 0. The van der Waals surface area contributed by atoms with Crippen molar-refractivity contribution in [2.24, 2.45) is 0 Å². The first-order chi connectivity index (χ1) is 12.0. The molecule has 1 rings (SSSR count). The Hall–Kier alpha value is -0.613. The second kappa shape index (κ2) is 12.7. The van der Waals surface area contributed by atoms with Gasteiger partial charge in [-0.05, 0) is 50.2 Å². The number of rotatable bonds is 6. The van der Waals surface area contributed by atoms with E-state index in [0.717, 1.165) is 25.7 Å². The van der Waals surface area contributed by atoms with E-state index < -0.39 is 8.32 Å². The fourth-order valence-corrected chi connectivity index (χ4v) is 6.63. The molecule has 2 atom stereocenters. The average Bonchev–Trinajstić information content (AvgIpc) is 2.62. The molecule has 0 aromatic rings. The quantitative estimate of drug-likeness (QED) is 0.309. The minimum absolute atomic E-state index is 0.0812. The van der Waals surface area contributed by atoms with Crippen molar-refractivity contribution in [3.63, 3.8) is 0 Å². The van der Waals surface area contributed by atoms with E-state index in [1.807, 2.05) is 0 Å². The Labute approximate surface area is 156 Å². The Morgan fingerprint density at radius 3 is 2.16 bits per heavy atom. The maximum absolute atomic E-state index is 11.3. The summed E-state index contributed by atoms with van der Waals surface area (Å²) in [7, 11) is -1.56. The van der Waals surface area contributed by atoms with Gasteiger partial charge in [0.15, 0.2) is 8.32 Å². The predicted molar refractivity (Wildman–Crippen MR) is 108 cm³/mol. The van der Waals surface area contributed by atoms with Gasteiger partial charge < -0.3 is 9.16 Å². The molecule has 0 aromatic heterocycles. The Morgan fingerprint density at radius 2 is 1.56 bits per heavy atom. The van der Waals surface area contributed by atoms with Crippen LogP contribution in [-0.2, 0) is 14.0 Å². The maximum atomic E-state index is 11.3. The Morgan fingerprint density at radius 1 is 0.960 bits per heavy atom. The van der Waals surface area contributed by atoms with Gasteiger partial charge >= 0.3 is 5.97 Å². The standard InChI is InChI=1S/C21H40O3Si/c1-5-25(6-2,7-3)24-21-17-12-10-8-9-11-15-20(23-19(4)22)16-13-14-18-21/h14,18,20-21H,5-13,15-17H2,1-4H3/b18-14+. The monoisotopic (exact) mass is 368 g/mol. The fraction of sp³-hybridized carbons (Fsp3) is 0.857. The third-order valence-corrected chi connectivity index (χ3v) is 10.4. The zero-order valence-corrected chi connectivity index (χ0v) is 18.0. The van der Waals surface area contributed by atoms with Crippen molar-refractivity contribution < 1.29 is 14.0 Å². The van der Waals surface area contributed by atoms with Crippen LogP contribution in [0, 0.1) is 0 Å². The summed E-state index contributed by atoms with van der Waals surface area (Å²) in [5.74, 6) is -0.149. The maximum Gasteiger partial charge on any atom is 0.302 e. The normalized spacial score (nSPS) is 25.3. The molecule has 0 aliphatic heterocycles. The number of hydrogen-bond acceptors (Lipinski definition) is 3. The van der Waals surface area contributed by atoms with Gasteiger partial charge in [-0.25, -0.2) is 0 Å². The molecule has 0 bridgehead atoms. The van der Waals surface area contributed by atoms with E-state index >= 15 is 0 Å². The van der Waals surface area contributed by atoms with Crippen molar-refractivity contribution >= 4 is 14.3 Å². The van der Waals surface area contributed by atoms with Crippen molar-refractivity contribution in [1.82, 2.24) is 0 Å². The van der Waals surface area contributed by atoms with Gasteiger partial charge in [0.1, 0.15) is 6.10 Å². The summed E-state index contributed by atoms with van der Waals surface area (Å²) in [6.07, 6.45) is 15.2. The van der Waals surface area contributed by atoms with Crippen LogP contribution in [-0.4, -0.2) is 26.5 Å². The first-order valence-electron chi connectivity index (χ1n) is 10.6. The van der Waals surface area contributed by atoms with Crippen LogP contribution in [0.2, 0.25) is 18.1 Å². The smallest absolute Gasteiger partial charge is 0.302 e. The molecule has 3 nitrogen and oxygen atoms in total. The van der Waals surface area contributed by atoms with E-state index in [1.165, 1.54) is 57.2 Å². The van der Waals surface area contributed by atoms with E-state index in [4.69, 9.17) is 9.16 Å². The highest BCUT2D eigenvalue weighted by molar-refractivity contribution is 6.73. The lowest BCUT2D eigenvalue weighted by atomic mass is 10.0. The lowest BCUT2D eigenvalue weighted by Crippen LogP contribution is -2.39. The van der Waals surface area contributed by atoms with E-state index in [9.17, 15) is 4.79 Å². The van der Waals surface area contributed by atoms with Gasteiger partial charge in [0.05, 0.1) is 6.10 Å². The average molecular weight is 369 g/mol. The topological polar surface area (TPSA) is 35.5 Å². The van der Waals surface area contributed by atoms with Gasteiger partial charge in [0, 0.05) is 6.92 Å². The molecule has 1 aliphatic rings. The molecule has 1 aliphatic carbocycles.